The first-order chi connectivity index (χ1) is 9.19. The minimum absolute atomic E-state index is 0.284. The number of nitrogens with zero attached hydrogens (tertiary/aromatic N) is 1. The van der Waals surface area contributed by atoms with Gasteiger partial charge >= 0.3 is 0 Å². The van der Waals surface area contributed by atoms with Gasteiger partial charge in [-0.05, 0) is 31.7 Å². The summed E-state index contributed by atoms with van der Waals surface area (Å²) in [5.41, 5.74) is 1.24. The molecule has 1 saturated heterocycles. The smallest absolute Gasteiger partial charge is 0.119 e. The first-order valence-electron chi connectivity index (χ1n) is 6.86. The van der Waals surface area contributed by atoms with Crippen molar-refractivity contribution in [3.05, 3.63) is 29.8 Å². The summed E-state index contributed by atoms with van der Waals surface area (Å²) in [7, 11) is 3.84. The number of methoxy groups -OCH3 is 1. The lowest BCUT2D eigenvalue weighted by Crippen LogP contribution is -2.45. The highest BCUT2D eigenvalue weighted by Crippen LogP contribution is 2.18. The molecule has 19 heavy (non-hydrogen) atoms. The molecule has 1 aliphatic heterocycles. The van der Waals surface area contributed by atoms with Crippen molar-refractivity contribution < 1.29 is 9.47 Å². The maximum Gasteiger partial charge on any atom is 0.119 e. The third-order valence-corrected chi connectivity index (χ3v) is 3.59. The van der Waals surface area contributed by atoms with Crippen LogP contribution in [0.2, 0.25) is 0 Å². The molecular weight excluding hydrogens is 240 g/mol. The van der Waals surface area contributed by atoms with Gasteiger partial charge in [0, 0.05) is 25.7 Å². The molecule has 4 heteroatoms. The van der Waals surface area contributed by atoms with Crippen LogP contribution in [-0.4, -0.2) is 51.4 Å². The lowest BCUT2D eigenvalue weighted by Gasteiger charge is -2.31. The molecule has 0 saturated carbocycles. The number of rotatable bonds is 5. The number of hydrogen-bond donors (Lipinski definition) is 1. The van der Waals surface area contributed by atoms with Crippen molar-refractivity contribution in [2.75, 3.05) is 40.4 Å². The summed E-state index contributed by atoms with van der Waals surface area (Å²) in [5.74, 6) is 0.903. The van der Waals surface area contributed by atoms with Gasteiger partial charge in [-0.1, -0.05) is 12.1 Å². The third kappa shape index (κ3) is 4.20. The van der Waals surface area contributed by atoms with Crippen LogP contribution in [0.5, 0.6) is 5.75 Å². The SMILES string of the molecule is COc1cccc([C@H](C)NCC2CN(C)CCO2)c1. The van der Waals surface area contributed by atoms with Crippen LogP contribution in [-0.2, 0) is 4.74 Å². The molecule has 2 rings (SSSR count). The van der Waals surface area contributed by atoms with Gasteiger partial charge in [0.2, 0.25) is 0 Å². The minimum atomic E-state index is 0.284. The van der Waals surface area contributed by atoms with Crippen molar-refractivity contribution in [3.63, 3.8) is 0 Å². The van der Waals surface area contributed by atoms with E-state index in [-0.39, 0.29) is 6.10 Å². The fourth-order valence-corrected chi connectivity index (χ4v) is 2.33. The van der Waals surface area contributed by atoms with Crippen molar-refractivity contribution in [1.82, 2.24) is 10.2 Å². The van der Waals surface area contributed by atoms with E-state index < -0.39 is 0 Å². The van der Waals surface area contributed by atoms with Crippen LogP contribution in [0.15, 0.2) is 24.3 Å². The molecule has 1 aliphatic rings. The second kappa shape index (κ2) is 6.89. The van der Waals surface area contributed by atoms with Crippen molar-refractivity contribution >= 4 is 0 Å². The number of likely N-dealkylation sites (N-methyl/N-ethyl adjacent to an activating group) is 1. The molecule has 1 unspecified atom stereocenters. The fraction of sp³-hybridized carbons (Fsp3) is 0.600. The summed E-state index contributed by atoms with van der Waals surface area (Å²) in [4.78, 5) is 2.31. The van der Waals surface area contributed by atoms with Gasteiger partial charge in [0.15, 0.2) is 0 Å². The molecule has 1 aromatic carbocycles. The monoisotopic (exact) mass is 264 g/mol. The van der Waals surface area contributed by atoms with E-state index in [2.05, 4.69) is 36.3 Å². The zero-order chi connectivity index (χ0) is 13.7. The van der Waals surface area contributed by atoms with Gasteiger partial charge in [-0.25, -0.2) is 0 Å². The molecular formula is C15H24N2O2. The highest BCUT2D eigenvalue weighted by molar-refractivity contribution is 5.30. The largest absolute Gasteiger partial charge is 0.497 e. The van der Waals surface area contributed by atoms with Gasteiger partial charge in [0.1, 0.15) is 5.75 Å². The van der Waals surface area contributed by atoms with E-state index in [1.165, 1.54) is 5.56 Å². The van der Waals surface area contributed by atoms with Crippen molar-refractivity contribution in [2.24, 2.45) is 0 Å². The first-order valence-corrected chi connectivity index (χ1v) is 6.86. The molecule has 0 aliphatic carbocycles. The molecule has 1 N–H and O–H groups in total. The Hall–Kier alpha value is -1.10. The lowest BCUT2D eigenvalue weighted by molar-refractivity contribution is -0.0190. The molecule has 0 bridgehead atoms. The number of morpholine rings is 1. The standard InChI is InChI=1S/C15H24N2O2/c1-12(13-5-4-6-14(9-13)18-3)16-10-15-11-17(2)7-8-19-15/h4-6,9,12,15-16H,7-8,10-11H2,1-3H3/t12-,15?/m0/s1. The van der Waals surface area contributed by atoms with Crippen LogP contribution >= 0.6 is 0 Å². The molecule has 2 atom stereocenters. The summed E-state index contributed by atoms with van der Waals surface area (Å²) in [6.07, 6.45) is 0.284. The molecule has 1 heterocycles. The number of nitrogens with one attached hydrogen (secondary N) is 1. The van der Waals surface area contributed by atoms with Crippen LogP contribution in [0.4, 0.5) is 0 Å². The Labute approximate surface area is 115 Å². The number of benzene rings is 1. The lowest BCUT2D eigenvalue weighted by atomic mass is 10.1. The van der Waals surface area contributed by atoms with Gasteiger partial charge in [-0.2, -0.15) is 0 Å². The summed E-state index contributed by atoms with van der Waals surface area (Å²) in [6, 6.07) is 8.48. The van der Waals surface area contributed by atoms with Crippen LogP contribution in [0.1, 0.15) is 18.5 Å². The van der Waals surface area contributed by atoms with E-state index in [0.717, 1.165) is 32.0 Å². The summed E-state index contributed by atoms with van der Waals surface area (Å²) >= 11 is 0. The van der Waals surface area contributed by atoms with E-state index in [0.29, 0.717) is 6.04 Å². The Morgan fingerprint density at radius 1 is 1.53 bits per heavy atom. The van der Waals surface area contributed by atoms with Crippen molar-refractivity contribution in [1.29, 1.82) is 0 Å². The summed E-state index contributed by atoms with van der Waals surface area (Å²) in [5, 5.41) is 3.53. The average molecular weight is 264 g/mol. The topological polar surface area (TPSA) is 33.7 Å². The van der Waals surface area contributed by atoms with Crippen LogP contribution in [0, 0.1) is 0 Å². The predicted molar refractivity (Wildman–Crippen MR) is 76.6 cm³/mol. The van der Waals surface area contributed by atoms with Gasteiger partial charge < -0.3 is 19.7 Å². The van der Waals surface area contributed by atoms with E-state index in [1.807, 2.05) is 12.1 Å². The van der Waals surface area contributed by atoms with Crippen molar-refractivity contribution in [2.45, 2.75) is 19.1 Å². The van der Waals surface area contributed by atoms with Gasteiger partial charge in [0.05, 0.1) is 19.8 Å². The quantitative estimate of drug-likeness (QED) is 0.877. The molecule has 1 fully saturated rings. The Kier molecular flexibility index (Phi) is 5.19. The van der Waals surface area contributed by atoms with E-state index >= 15 is 0 Å². The zero-order valence-electron chi connectivity index (χ0n) is 12.1. The Morgan fingerprint density at radius 2 is 2.37 bits per heavy atom. The molecule has 0 spiro atoms. The highest BCUT2D eigenvalue weighted by atomic mass is 16.5. The van der Waals surface area contributed by atoms with E-state index in [4.69, 9.17) is 9.47 Å². The maximum atomic E-state index is 5.75. The molecule has 4 nitrogen and oxygen atoms in total. The number of ether oxygens (including phenoxy) is 2. The Morgan fingerprint density at radius 3 is 3.11 bits per heavy atom. The van der Waals surface area contributed by atoms with Crippen LogP contribution in [0.25, 0.3) is 0 Å². The van der Waals surface area contributed by atoms with Crippen molar-refractivity contribution in [3.8, 4) is 5.75 Å². The third-order valence-electron chi connectivity index (χ3n) is 3.59. The van der Waals surface area contributed by atoms with Gasteiger partial charge in [0.25, 0.3) is 0 Å². The molecule has 0 radical (unpaired) electrons. The average Bonchev–Trinajstić information content (AvgIpc) is 2.45. The molecule has 1 aromatic rings. The first kappa shape index (κ1) is 14.3. The van der Waals surface area contributed by atoms with E-state index in [9.17, 15) is 0 Å². The maximum absolute atomic E-state index is 5.75. The fourth-order valence-electron chi connectivity index (χ4n) is 2.33. The second-order valence-corrected chi connectivity index (χ2v) is 5.16. The summed E-state index contributed by atoms with van der Waals surface area (Å²) in [6.45, 7) is 5.90. The minimum Gasteiger partial charge on any atom is -0.497 e. The van der Waals surface area contributed by atoms with Gasteiger partial charge in [-0.3, -0.25) is 0 Å². The highest BCUT2D eigenvalue weighted by Gasteiger charge is 2.18. The molecule has 106 valence electrons. The summed E-state index contributed by atoms with van der Waals surface area (Å²) < 4.78 is 11.0. The molecule has 0 aromatic heterocycles. The number of hydrogen-bond acceptors (Lipinski definition) is 4. The van der Waals surface area contributed by atoms with E-state index in [1.54, 1.807) is 7.11 Å². The van der Waals surface area contributed by atoms with Crippen LogP contribution < -0.4 is 10.1 Å². The molecule has 0 amide bonds. The van der Waals surface area contributed by atoms with Gasteiger partial charge in [-0.15, -0.1) is 0 Å². The Balaban J connectivity index is 1.84. The van der Waals surface area contributed by atoms with Crippen LogP contribution in [0.3, 0.4) is 0 Å². The zero-order valence-corrected chi connectivity index (χ0v) is 12.1. The Bertz CT molecular complexity index is 397. The predicted octanol–water partition coefficient (Wildman–Crippen LogP) is 1.68. The second-order valence-electron chi connectivity index (χ2n) is 5.16. The normalized spacial score (nSPS) is 22.2.